The molecule has 5 heteroatoms. The van der Waals surface area contributed by atoms with E-state index in [1.165, 1.54) is 5.56 Å². The number of fused-ring (bicyclic) bond motifs is 1. The minimum Gasteiger partial charge on any atom is -0.355 e. The monoisotopic (exact) mass is 360 g/mol. The molecule has 2 fully saturated rings. The third-order valence-electron chi connectivity index (χ3n) is 5.83. The summed E-state index contributed by atoms with van der Waals surface area (Å²) in [5, 5.41) is 9.37. The number of piperidine rings is 2. The maximum atomic E-state index is 12.6. The molecule has 0 saturated carbocycles. The Morgan fingerprint density at radius 2 is 2.00 bits per heavy atom. The summed E-state index contributed by atoms with van der Waals surface area (Å²) in [5.41, 5.74) is 1.90. The van der Waals surface area contributed by atoms with Crippen LogP contribution < -0.4 is 4.90 Å². The molecule has 1 aromatic carbocycles. The predicted octanol–water partition coefficient (Wildman–Crippen LogP) is 3.01. The lowest BCUT2D eigenvalue weighted by Gasteiger charge is -2.47. The van der Waals surface area contributed by atoms with E-state index in [-0.39, 0.29) is 5.91 Å². The maximum absolute atomic E-state index is 12.6. The topological polar surface area (TPSA) is 60.2 Å². The van der Waals surface area contributed by atoms with Crippen LogP contribution in [-0.2, 0) is 11.2 Å². The van der Waals surface area contributed by atoms with Crippen molar-refractivity contribution in [3.05, 3.63) is 59.8 Å². The van der Waals surface area contributed by atoms with Crippen molar-refractivity contribution in [3.8, 4) is 6.07 Å². The summed E-state index contributed by atoms with van der Waals surface area (Å²) in [4.78, 5) is 21.4. The average Bonchev–Trinajstić information content (AvgIpc) is 2.73. The zero-order valence-electron chi connectivity index (χ0n) is 15.4. The van der Waals surface area contributed by atoms with Gasteiger partial charge in [0.1, 0.15) is 11.9 Å². The molecule has 0 aliphatic carbocycles. The van der Waals surface area contributed by atoms with Gasteiger partial charge in [-0.15, -0.1) is 0 Å². The summed E-state index contributed by atoms with van der Waals surface area (Å²) in [6.07, 6.45) is 5.14. The number of likely N-dealkylation sites (tertiary alicyclic amines) is 1. The molecule has 2 aromatic rings. The van der Waals surface area contributed by atoms with Crippen molar-refractivity contribution in [2.45, 2.75) is 31.7 Å². The van der Waals surface area contributed by atoms with Gasteiger partial charge in [0, 0.05) is 38.3 Å². The number of carbonyl (C=O) groups is 1. The fourth-order valence-electron chi connectivity index (χ4n) is 4.46. The molecule has 2 atom stereocenters. The van der Waals surface area contributed by atoms with E-state index in [9.17, 15) is 10.1 Å². The second kappa shape index (κ2) is 7.79. The lowest BCUT2D eigenvalue weighted by atomic mass is 9.83. The van der Waals surface area contributed by atoms with Gasteiger partial charge >= 0.3 is 0 Å². The number of hydrogen-bond donors (Lipinski definition) is 0. The molecular formula is C22H24N4O. The van der Waals surface area contributed by atoms with Crippen LogP contribution in [0.2, 0.25) is 0 Å². The van der Waals surface area contributed by atoms with Gasteiger partial charge in [-0.25, -0.2) is 4.98 Å². The van der Waals surface area contributed by atoms with Crippen molar-refractivity contribution in [2.24, 2.45) is 5.92 Å². The second-order valence-corrected chi connectivity index (χ2v) is 7.41. The van der Waals surface area contributed by atoms with Gasteiger partial charge in [-0.2, -0.15) is 5.26 Å². The van der Waals surface area contributed by atoms with Crippen molar-refractivity contribution in [2.75, 3.05) is 24.5 Å². The molecule has 0 radical (unpaired) electrons. The SMILES string of the molecule is N#Cc1cccnc1N1CC[C@@H]2[C@@H](CCC(=O)N2CCc2ccccc2)C1. The molecule has 138 valence electrons. The van der Waals surface area contributed by atoms with Crippen LogP contribution in [0.15, 0.2) is 48.7 Å². The molecule has 2 aliphatic heterocycles. The number of benzene rings is 1. The van der Waals surface area contributed by atoms with Crippen LogP contribution in [0.25, 0.3) is 0 Å². The number of rotatable bonds is 4. The Labute approximate surface area is 160 Å². The zero-order valence-corrected chi connectivity index (χ0v) is 15.4. The van der Waals surface area contributed by atoms with Crippen LogP contribution in [0.1, 0.15) is 30.4 Å². The van der Waals surface area contributed by atoms with Gasteiger partial charge in [-0.1, -0.05) is 30.3 Å². The Morgan fingerprint density at radius 3 is 2.81 bits per heavy atom. The molecule has 0 unspecified atom stereocenters. The first-order valence-electron chi connectivity index (χ1n) is 9.69. The number of pyridine rings is 1. The maximum Gasteiger partial charge on any atom is 0.222 e. The van der Waals surface area contributed by atoms with E-state index >= 15 is 0 Å². The number of carbonyl (C=O) groups excluding carboxylic acids is 1. The van der Waals surface area contributed by atoms with E-state index in [4.69, 9.17) is 0 Å². The minimum atomic E-state index is 0.288. The highest BCUT2D eigenvalue weighted by atomic mass is 16.2. The number of nitrogens with zero attached hydrogens (tertiary/aromatic N) is 4. The Kier molecular flexibility index (Phi) is 5.06. The van der Waals surface area contributed by atoms with Gasteiger partial charge in [-0.05, 0) is 42.9 Å². The van der Waals surface area contributed by atoms with Crippen molar-refractivity contribution in [1.82, 2.24) is 9.88 Å². The molecule has 2 saturated heterocycles. The van der Waals surface area contributed by atoms with Gasteiger partial charge in [0.15, 0.2) is 0 Å². The molecule has 0 spiro atoms. The summed E-state index contributed by atoms with van der Waals surface area (Å²) in [6, 6.07) is 16.6. The molecule has 2 aliphatic rings. The van der Waals surface area contributed by atoms with Gasteiger partial charge in [-0.3, -0.25) is 4.79 Å². The summed E-state index contributed by atoms with van der Waals surface area (Å²) >= 11 is 0. The molecule has 5 nitrogen and oxygen atoms in total. The lowest BCUT2D eigenvalue weighted by Crippen LogP contribution is -2.56. The number of anilines is 1. The van der Waals surface area contributed by atoms with Crippen LogP contribution >= 0.6 is 0 Å². The molecule has 27 heavy (non-hydrogen) atoms. The van der Waals surface area contributed by atoms with Crippen LogP contribution in [-0.4, -0.2) is 41.5 Å². The van der Waals surface area contributed by atoms with E-state index in [0.29, 0.717) is 23.9 Å². The Hall–Kier alpha value is -2.87. The van der Waals surface area contributed by atoms with Gasteiger partial charge < -0.3 is 9.80 Å². The fraction of sp³-hybridized carbons (Fsp3) is 0.409. The average molecular weight is 360 g/mol. The van der Waals surface area contributed by atoms with Gasteiger partial charge in [0.2, 0.25) is 5.91 Å². The normalized spacial score (nSPS) is 22.3. The number of aromatic nitrogens is 1. The quantitative estimate of drug-likeness (QED) is 0.841. The van der Waals surface area contributed by atoms with Crippen molar-refractivity contribution in [1.29, 1.82) is 5.26 Å². The first-order chi connectivity index (χ1) is 13.3. The van der Waals surface area contributed by atoms with Crippen LogP contribution in [0.4, 0.5) is 5.82 Å². The van der Waals surface area contributed by atoms with Crippen LogP contribution in [0.5, 0.6) is 0 Å². The van der Waals surface area contributed by atoms with Crippen LogP contribution in [0.3, 0.4) is 0 Å². The third-order valence-corrected chi connectivity index (χ3v) is 5.83. The Morgan fingerprint density at radius 1 is 1.15 bits per heavy atom. The molecule has 1 amide bonds. The van der Waals surface area contributed by atoms with Crippen molar-refractivity contribution >= 4 is 11.7 Å². The molecular weight excluding hydrogens is 336 g/mol. The molecule has 3 heterocycles. The number of amides is 1. The van der Waals surface area contributed by atoms with Crippen LogP contribution in [0, 0.1) is 17.2 Å². The standard InChI is InChI=1S/C22H24N4O/c23-15-18-7-4-12-24-22(18)25-13-11-20-19(16-25)8-9-21(27)26(20)14-10-17-5-2-1-3-6-17/h1-7,12,19-20H,8-11,13-14,16H2/t19-,20+/m0/s1. The van der Waals surface area contributed by atoms with Crippen molar-refractivity contribution in [3.63, 3.8) is 0 Å². The summed E-state index contributed by atoms with van der Waals surface area (Å²) in [7, 11) is 0. The first-order valence-corrected chi connectivity index (χ1v) is 9.69. The molecule has 0 bridgehead atoms. The van der Waals surface area contributed by atoms with E-state index in [2.05, 4.69) is 33.0 Å². The summed E-state index contributed by atoms with van der Waals surface area (Å²) in [5.74, 6) is 1.52. The van der Waals surface area contributed by atoms with Gasteiger partial charge in [0.25, 0.3) is 0 Å². The third kappa shape index (κ3) is 3.66. The lowest BCUT2D eigenvalue weighted by molar-refractivity contribution is -0.139. The number of hydrogen-bond acceptors (Lipinski definition) is 4. The molecule has 1 aromatic heterocycles. The number of nitriles is 1. The van der Waals surface area contributed by atoms with E-state index < -0.39 is 0 Å². The summed E-state index contributed by atoms with van der Waals surface area (Å²) in [6.45, 7) is 2.49. The zero-order chi connectivity index (χ0) is 18.6. The van der Waals surface area contributed by atoms with Crippen molar-refractivity contribution < 1.29 is 4.79 Å². The largest absolute Gasteiger partial charge is 0.355 e. The van der Waals surface area contributed by atoms with E-state index in [1.54, 1.807) is 12.3 Å². The Balaban J connectivity index is 1.46. The van der Waals surface area contributed by atoms with Gasteiger partial charge in [0.05, 0.1) is 5.56 Å². The molecule has 4 rings (SSSR count). The Bertz CT molecular complexity index is 845. The second-order valence-electron chi connectivity index (χ2n) is 7.41. The minimum absolute atomic E-state index is 0.288. The smallest absolute Gasteiger partial charge is 0.222 e. The highest BCUT2D eigenvalue weighted by molar-refractivity contribution is 5.77. The first kappa shape index (κ1) is 17.5. The molecule has 0 N–H and O–H groups in total. The van der Waals surface area contributed by atoms with E-state index in [1.807, 2.05) is 24.3 Å². The fourth-order valence-corrected chi connectivity index (χ4v) is 4.46. The summed E-state index contributed by atoms with van der Waals surface area (Å²) < 4.78 is 0. The highest BCUT2D eigenvalue weighted by Gasteiger charge is 2.39. The van der Waals surface area contributed by atoms with E-state index in [0.717, 1.165) is 44.7 Å². The predicted molar refractivity (Wildman–Crippen MR) is 104 cm³/mol. The highest BCUT2D eigenvalue weighted by Crippen LogP contribution is 2.33.